The fourth-order valence-electron chi connectivity index (χ4n) is 3.43. The van der Waals surface area contributed by atoms with Crippen molar-refractivity contribution in [2.45, 2.75) is 26.2 Å². The maximum Gasteiger partial charge on any atom is 0.243 e. The molecule has 0 spiro atoms. The van der Waals surface area contributed by atoms with Crippen LogP contribution >= 0.6 is 0 Å². The monoisotopic (exact) mass is 334 g/mol. The normalized spacial score (nSPS) is 16.4. The average molecular weight is 334 g/mol. The van der Waals surface area contributed by atoms with Gasteiger partial charge in [0.25, 0.3) is 0 Å². The van der Waals surface area contributed by atoms with E-state index in [4.69, 9.17) is 0 Å². The van der Waals surface area contributed by atoms with Crippen molar-refractivity contribution >= 4 is 17.3 Å². The molecule has 1 heterocycles. The first-order valence-corrected chi connectivity index (χ1v) is 8.94. The van der Waals surface area contributed by atoms with Crippen LogP contribution in [-0.4, -0.2) is 19.0 Å². The summed E-state index contributed by atoms with van der Waals surface area (Å²) >= 11 is 0. The van der Waals surface area contributed by atoms with Gasteiger partial charge in [-0.2, -0.15) is 0 Å². The number of hydrogen-bond donors (Lipinski definition) is 1. The molecule has 3 heteroatoms. The van der Waals surface area contributed by atoms with Gasteiger partial charge in [0.05, 0.1) is 0 Å². The van der Waals surface area contributed by atoms with E-state index in [9.17, 15) is 4.79 Å². The van der Waals surface area contributed by atoms with E-state index in [0.29, 0.717) is 18.4 Å². The fraction of sp³-hybridized carbons (Fsp3) is 0.318. The summed E-state index contributed by atoms with van der Waals surface area (Å²) in [6.07, 6.45) is 2.31. The van der Waals surface area contributed by atoms with Crippen molar-refractivity contribution in [3.63, 3.8) is 0 Å². The minimum absolute atomic E-state index is 0.104. The van der Waals surface area contributed by atoms with Gasteiger partial charge in [-0.05, 0) is 53.7 Å². The first kappa shape index (κ1) is 17.3. The molecule has 25 heavy (non-hydrogen) atoms. The van der Waals surface area contributed by atoms with Crippen LogP contribution in [0, 0.1) is 5.92 Å². The topological polar surface area (TPSA) is 32.3 Å². The molecule has 0 saturated carbocycles. The zero-order valence-corrected chi connectivity index (χ0v) is 15.0. The number of benzene rings is 2. The molecule has 2 aromatic rings. The number of para-hydroxylation sites is 1. The Morgan fingerprint density at radius 2 is 2.08 bits per heavy atom. The highest BCUT2D eigenvalue weighted by molar-refractivity contribution is 5.86. The van der Waals surface area contributed by atoms with Gasteiger partial charge in [-0.1, -0.05) is 50.8 Å². The highest BCUT2D eigenvalue weighted by Crippen LogP contribution is 2.36. The van der Waals surface area contributed by atoms with Crippen molar-refractivity contribution in [3.05, 3.63) is 72.3 Å². The van der Waals surface area contributed by atoms with E-state index in [2.05, 4.69) is 79.2 Å². The third-order valence-corrected chi connectivity index (χ3v) is 4.83. The molecule has 3 rings (SSSR count). The van der Waals surface area contributed by atoms with Crippen LogP contribution in [0.4, 0.5) is 11.4 Å². The van der Waals surface area contributed by atoms with Gasteiger partial charge < -0.3 is 10.2 Å². The Kier molecular flexibility index (Phi) is 5.22. The molecule has 1 aliphatic heterocycles. The van der Waals surface area contributed by atoms with Gasteiger partial charge in [0.2, 0.25) is 5.91 Å². The van der Waals surface area contributed by atoms with Crippen LogP contribution in [0.1, 0.15) is 30.9 Å². The van der Waals surface area contributed by atoms with Crippen LogP contribution in [0.25, 0.3) is 0 Å². The van der Waals surface area contributed by atoms with Gasteiger partial charge in [-0.25, -0.2) is 0 Å². The highest BCUT2D eigenvalue weighted by atomic mass is 16.1. The van der Waals surface area contributed by atoms with Gasteiger partial charge >= 0.3 is 0 Å². The minimum atomic E-state index is -0.104. The summed E-state index contributed by atoms with van der Waals surface area (Å²) < 4.78 is 0. The standard InChI is InChI=1S/C22H26N2O/c1-4-22(25)23-14-17-12-19-8-5-6-11-21(19)24(15-17)20-10-7-9-18(13-20)16(2)3/h4-11,13,16-17H,1,12,14-15H2,2-3H3,(H,23,25). The molecule has 0 saturated heterocycles. The minimum Gasteiger partial charge on any atom is -0.352 e. The summed E-state index contributed by atoms with van der Waals surface area (Å²) in [5.74, 6) is 0.774. The Morgan fingerprint density at radius 3 is 2.84 bits per heavy atom. The molecule has 1 amide bonds. The molecule has 1 unspecified atom stereocenters. The summed E-state index contributed by atoms with van der Waals surface area (Å²) in [6.45, 7) is 9.53. The van der Waals surface area contributed by atoms with Crippen LogP contribution in [0.2, 0.25) is 0 Å². The molecule has 1 N–H and O–H groups in total. The molecule has 0 radical (unpaired) electrons. The van der Waals surface area contributed by atoms with E-state index in [1.165, 1.54) is 28.6 Å². The van der Waals surface area contributed by atoms with E-state index in [1.807, 2.05) is 0 Å². The Hall–Kier alpha value is -2.55. The zero-order valence-electron chi connectivity index (χ0n) is 15.0. The van der Waals surface area contributed by atoms with Gasteiger partial charge in [0, 0.05) is 24.5 Å². The second-order valence-corrected chi connectivity index (χ2v) is 7.01. The molecule has 0 aromatic heterocycles. The molecule has 3 nitrogen and oxygen atoms in total. The molecule has 0 fully saturated rings. The van der Waals surface area contributed by atoms with Crippen LogP contribution < -0.4 is 10.2 Å². The van der Waals surface area contributed by atoms with E-state index < -0.39 is 0 Å². The van der Waals surface area contributed by atoms with E-state index >= 15 is 0 Å². The third kappa shape index (κ3) is 3.93. The van der Waals surface area contributed by atoms with Crippen LogP contribution in [0.15, 0.2) is 61.2 Å². The van der Waals surface area contributed by atoms with Gasteiger partial charge in [0.1, 0.15) is 0 Å². The predicted molar refractivity (Wildman–Crippen MR) is 104 cm³/mol. The maximum absolute atomic E-state index is 11.5. The summed E-state index contributed by atoms with van der Waals surface area (Å²) in [4.78, 5) is 13.9. The SMILES string of the molecule is C=CC(=O)NCC1Cc2ccccc2N(c2cccc(C(C)C)c2)C1. The molecular weight excluding hydrogens is 308 g/mol. The smallest absolute Gasteiger partial charge is 0.243 e. The van der Waals surface area contributed by atoms with Crippen molar-refractivity contribution in [3.8, 4) is 0 Å². The third-order valence-electron chi connectivity index (χ3n) is 4.83. The number of carbonyl (C=O) groups excluding carboxylic acids is 1. The fourth-order valence-corrected chi connectivity index (χ4v) is 3.43. The second-order valence-electron chi connectivity index (χ2n) is 7.01. The molecule has 0 bridgehead atoms. The van der Waals surface area contributed by atoms with Crippen LogP contribution in [0.5, 0.6) is 0 Å². The number of carbonyl (C=O) groups is 1. The van der Waals surface area contributed by atoms with Crippen LogP contribution in [0.3, 0.4) is 0 Å². The van der Waals surface area contributed by atoms with Crippen molar-refractivity contribution in [2.24, 2.45) is 5.92 Å². The molecular formula is C22H26N2O. The first-order valence-electron chi connectivity index (χ1n) is 8.94. The average Bonchev–Trinajstić information content (AvgIpc) is 2.65. The Balaban J connectivity index is 1.90. The summed E-state index contributed by atoms with van der Waals surface area (Å²) in [5, 5.41) is 2.95. The van der Waals surface area contributed by atoms with Gasteiger partial charge in [0.15, 0.2) is 0 Å². The molecule has 130 valence electrons. The largest absolute Gasteiger partial charge is 0.352 e. The van der Waals surface area contributed by atoms with E-state index in [-0.39, 0.29) is 5.91 Å². The lowest BCUT2D eigenvalue weighted by atomic mass is 9.91. The number of fused-ring (bicyclic) bond motifs is 1. The summed E-state index contributed by atoms with van der Waals surface area (Å²) in [6, 6.07) is 17.3. The number of amides is 1. The van der Waals surface area contributed by atoms with E-state index in [0.717, 1.165) is 13.0 Å². The van der Waals surface area contributed by atoms with Crippen molar-refractivity contribution in [2.75, 3.05) is 18.0 Å². The molecule has 1 aliphatic rings. The second kappa shape index (κ2) is 7.56. The first-order chi connectivity index (χ1) is 12.1. The Bertz CT molecular complexity index is 766. The Labute approximate surface area is 150 Å². The quantitative estimate of drug-likeness (QED) is 0.821. The Morgan fingerprint density at radius 1 is 1.28 bits per heavy atom. The maximum atomic E-state index is 11.5. The zero-order chi connectivity index (χ0) is 17.8. The lowest BCUT2D eigenvalue weighted by molar-refractivity contribution is -0.116. The van der Waals surface area contributed by atoms with Gasteiger partial charge in [-0.3, -0.25) is 4.79 Å². The highest BCUT2D eigenvalue weighted by Gasteiger charge is 2.25. The molecule has 1 atom stereocenters. The molecule has 2 aromatic carbocycles. The van der Waals surface area contributed by atoms with Crippen molar-refractivity contribution in [1.29, 1.82) is 0 Å². The number of rotatable bonds is 5. The lowest BCUT2D eigenvalue weighted by Gasteiger charge is -2.36. The van der Waals surface area contributed by atoms with Crippen molar-refractivity contribution < 1.29 is 4.79 Å². The number of nitrogens with one attached hydrogen (secondary N) is 1. The summed E-state index contributed by atoms with van der Waals surface area (Å²) in [7, 11) is 0. The number of anilines is 2. The van der Waals surface area contributed by atoms with Crippen molar-refractivity contribution in [1.82, 2.24) is 5.32 Å². The number of hydrogen-bond acceptors (Lipinski definition) is 2. The van der Waals surface area contributed by atoms with E-state index in [1.54, 1.807) is 0 Å². The molecule has 0 aliphatic carbocycles. The van der Waals surface area contributed by atoms with Gasteiger partial charge in [-0.15, -0.1) is 0 Å². The predicted octanol–water partition coefficient (Wildman–Crippen LogP) is 4.42. The lowest BCUT2D eigenvalue weighted by Crippen LogP contribution is -2.38. The number of nitrogens with zero attached hydrogens (tertiary/aromatic N) is 1. The van der Waals surface area contributed by atoms with Crippen LogP contribution in [-0.2, 0) is 11.2 Å². The summed E-state index contributed by atoms with van der Waals surface area (Å²) in [5.41, 5.74) is 5.17.